The SMILES string of the molecule is COC.COC(=O)Nc1cc(C(/C=C(\N)c2cc(N3CCCC3)c(F)cc2C)=C/N)ccn1.NC=O. The lowest BCUT2D eigenvalue weighted by Crippen LogP contribution is -2.19. The van der Waals surface area contributed by atoms with Gasteiger partial charge in [0.2, 0.25) is 6.41 Å². The number of halogens is 1. The molecule has 2 heterocycles. The molecule has 10 nitrogen and oxygen atoms in total. The number of nitrogens with one attached hydrogen (secondary N) is 1. The summed E-state index contributed by atoms with van der Waals surface area (Å²) in [5.74, 6) is 0.0770. The predicted octanol–water partition coefficient (Wildman–Crippen LogP) is 2.97. The lowest BCUT2D eigenvalue weighted by Gasteiger charge is -2.20. The van der Waals surface area contributed by atoms with E-state index in [1.807, 2.05) is 11.8 Å². The molecule has 196 valence electrons. The first-order valence-electron chi connectivity index (χ1n) is 11.1. The normalized spacial score (nSPS) is 13.1. The van der Waals surface area contributed by atoms with Gasteiger partial charge in [-0.3, -0.25) is 10.1 Å². The summed E-state index contributed by atoms with van der Waals surface area (Å²) in [5, 5.41) is 2.51. The zero-order chi connectivity index (χ0) is 27.1. The number of benzene rings is 1. The smallest absolute Gasteiger partial charge is 0.412 e. The van der Waals surface area contributed by atoms with Gasteiger partial charge in [-0.15, -0.1) is 0 Å². The summed E-state index contributed by atoms with van der Waals surface area (Å²) in [7, 11) is 4.52. The number of nitrogens with two attached hydrogens (primary N) is 3. The van der Waals surface area contributed by atoms with Gasteiger partial charge in [0.15, 0.2) is 0 Å². The van der Waals surface area contributed by atoms with Gasteiger partial charge in [-0.2, -0.15) is 0 Å². The van der Waals surface area contributed by atoms with Crippen LogP contribution in [0.2, 0.25) is 0 Å². The van der Waals surface area contributed by atoms with E-state index in [9.17, 15) is 9.18 Å². The van der Waals surface area contributed by atoms with Gasteiger partial charge in [-0.1, -0.05) is 0 Å². The lowest BCUT2D eigenvalue weighted by molar-refractivity contribution is -0.106. The fourth-order valence-corrected chi connectivity index (χ4v) is 3.48. The van der Waals surface area contributed by atoms with Gasteiger partial charge in [0.25, 0.3) is 0 Å². The number of anilines is 2. The maximum atomic E-state index is 14.5. The zero-order valence-electron chi connectivity index (χ0n) is 21.1. The molecule has 2 aromatic rings. The van der Waals surface area contributed by atoms with Crippen LogP contribution in [0, 0.1) is 12.7 Å². The van der Waals surface area contributed by atoms with Gasteiger partial charge in [0.05, 0.1) is 12.8 Å². The highest BCUT2D eigenvalue weighted by molar-refractivity contribution is 5.87. The standard InChI is InChI=1S/C22H26FN5O2.C2H6O.CH3NO/c1-14-9-18(23)20(28-7-3-4-8-28)12-17(14)19(25)10-16(13-24)15-5-6-26-21(11-15)27-22(29)30-2;1-3-2;2-1-3/h5-6,9-13H,3-4,7-8,24-25H2,1-2H3,(H,26,27,29);1-2H3;1H,(H2,2,3)/b16-13+,19-10-;;. The molecule has 0 unspecified atom stereocenters. The minimum absolute atomic E-state index is 0.242. The quantitative estimate of drug-likeness (QED) is 0.359. The highest BCUT2D eigenvalue weighted by atomic mass is 19.1. The molecule has 0 saturated carbocycles. The van der Waals surface area contributed by atoms with Gasteiger partial charge in [0.1, 0.15) is 11.6 Å². The van der Waals surface area contributed by atoms with E-state index in [0.29, 0.717) is 28.3 Å². The molecular formula is C25H35FN6O4. The van der Waals surface area contributed by atoms with Crippen LogP contribution in [0.25, 0.3) is 11.3 Å². The number of hydrogen-bond acceptors (Lipinski definition) is 8. The molecule has 0 aliphatic carbocycles. The Kier molecular flexibility index (Phi) is 13.1. The number of amides is 2. The molecule has 1 aromatic carbocycles. The number of rotatable bonds is 5. The number of primary amides is 1. The van der Waals surface area contributed by atoms with E-state index in [1.165, 1.54) is 19.4 Å². The Labute approximate surface area is 210 Å². The largest absolute Gasteiger partial charge is 0.453 e. The maximum Gasteiger partial charge on any atom is 0.412 e. The van der Waals surface area contributed by atoms with E-state index < -0.39 is 6.09 Å². The zero-order valence-corrected chi connectivity index (χ0v) is 21.1. The molecule has 1 aromatic heterocycles. The van der Waals surface area contributed by atoms with Crippen molar-refractivity contribution in [3.63, 3.8) is 0 Å². The molecule has 1 fully saturated rings. The van der Waals surface area contributed by atoms with Gasteiger partial charge in [-0.05, 0) is 66.8 Å². The number of aromatic nitrogens is 1. The average molecular weight is 503 g/mol. The van der Waals surface area contributed by atoms with Crippen LogP contribution < -0.4 is 27.4 Å². The first kappa shape index (κ1) is 29.9. The highest BCUT2D eigenvalue weighted by Gasteiger charge is 2.18. The molecule has 1 aliphatic heterocycles. The monoisotopic (exact) mass is 502 g/mol. The molecule has 0 spiro atoms. The molecule has 2 amide bonds. The number of ether oxygens (including phenoxy) is 2. The Morgan fingerprint density at radius 2 is 1.78 bits per heavy atom. The first-order valence-corrected chi connectivity index (χ1v) is 11.1. The molecule has 11 heteroatoms. The fraction of sp³-hybridized carbons (Fsp3) is 0.320. The van der Waals surface area contributed by atoms with Crippen molar-refractivity contribution in [1.29, 1.82) is 0 Å². The molecule has 1 aliphatic rings. The summed E-state index contributed by atoms with van der Waals surface area (Å²) in [5.41, 5.74) is 20.3. The van der Waals surface area contributed by atoms with Crippen LogP contribution in [-0.2, 0) is 14.3 Å². The minimum Gasteiger partial charge on any atom is -0.453 e. The van der Waals surface area contributed by atoms with Crippen molar-refractivity contribution in [2.75, 3.05) is 44.6 Å². The average Bonchev–Trinajstić information content (AvgIpc) is 3.38. The van der Waals surface area contributed by atoms with E-state index in [2.05, 4.69) is 25.5 Å². The van der Waals surface area contributed by atoms with Crippen LogP contribution in [0.4, 0.5) is 20.7 Å². The van der Waals surface area contributed by atoms with Crippen molar-refractivity contribution < 1.29 is 23.5 Å². The first-order chi connectivity index (χ1) is 17.3. The third-order valence-corrected chi connectivity index (χ3v) is 5.05. The Hall–Kier alpha value is -4.12. The second-order valence-electron chi connectivity index (χ2n) is 7.63. The third kappa shape index (κ3) is 8.91. The number of pyridine rings is 1. The second kappa shape index (κ2) is 15.7. The molecule has 0 bridgehead atoms. The summed E-state index contributed by atoms with van der Waals surface area (Å²) in [6, 6.07) is 6.72. The third-order valence-electron chi connectivity index (χ3n) is 5.05. The van der Waals surface area contributed by atoms with Crippen LogP contribution >= 0.6 is 0 Å². The van der Waals surface area contributed by atoms with E-state index in [1.54, 1.807) is 44.7 Å². The molecule has 7 N–H and O–H groups in total. The summed E-state index contributed by atoms with van der Waals surface area (Å²) in [6.07, 6.45) is 6.43. The van der Waals surface area contributed by atoms with Crippen molar-refractivity contribution in [3.8, 4) is 0 Å². The molecule has 0 atom stereocenters. The Balaban J connectivity index is 0.000000982. The van der Waals surface area contributed by atoms with Crippen LogP contribution in [0.3, 0.4) is 0 Å². The van der Waals surface area contributed by atoms with E-state index in [0.717, 1.165) is 37.1 Å². The Morgan fingerprint density at radius 3 is 2.33 bits per heavy atom. The van der Waals surface area contributed by atoms with Crippen LogP contribution in [0.1, 0.15) is 29.5 Å². The van der Waals surface area contributed by atoms with Crippen LogP contribution in [0.5, 0.6) is 0 Å². The minimum atomic E-state index is -0.621. The van der Waals surface area contributed by atoms with Crippen LogP contribution in [0.15, 0.2) is 42.7 Å². The summed E-state index contributed by atoms with van der Waals surface area (Å²) in [4.78, 5) is 26.1. The van der Waals surface area contributed by atoms with Gasteiger partial charge in [0, 0.05) is 51.0 Å². The highest BCUT2D eigenvalue weighted by Crippen LogP contribution is 2.30. The van der Waals surface area contributed by atoms with Gasteiger partial charge in [-0.25, -0.2) is 14.2 Å². The number of carbonyl (C=O) groups excluding carboxylic acids is 2. The lowest BCUT2D eigenvalue weighted by atomic mass is 10.00. The maximum absolute atomic E-state index is 14.5. The van der Waals surface area contributed by atoms with E-state index in [4.69, 9.17) is 16.3 Å². The number of methoxy groups -OCH3 is 2. The molecule has 1 saturated heterocycles. The van der Waals surface area contributed by atoms with Crippen LogP contribution in [-0.4, -0.2) is 51.9 Å². The van der Waals surface area contributed by atoms with Crippen molar-refractivity contribution in [3.05, 3.63) is 65.2 Å². The van der Waals surface area contributed by atoms with Crippen molar-refractivity contribution in [2.24, 2.45) is 17.2 Å². The number of nitrogens with zero attached hydrogens (tertiary/aromatic N) is 2. The molecule has 3 rings (SSSR count). The molecule has 36 heavy (non-hydrogen) atoms. The van der Waals surface area contributed by atoms with E-state index >= 15 is 0 Å². The number of hydrogen-bond donors (Lipinski definition) is 4. The summed E-state index contributed by atoms with van der Waals surface area (Å²) in [6.45, 7) is 3.50. The fourth-order valence-electron chi connectivity index (χ4n) is 3.48. The number of aryl methyl sites for hydroxylation is 1. The number of carbonyl (C=O) groups is 2. The van der Waals surface area contributed by atoms with Crippen molar-refractivity contribution >= 4 is 35.3 Å². The second-order valence-corrected chi connectivity index (χ2v) is 7.63. The topological polar surface area (TPSA) is 159 Å². The van der Waals surface area contributed by atoms with Crippen molar-refractivity contribution in [1.82, 2.24) is 4.98 Å². The van der Waals surface area contributed by atoms with Crippen molar-refractivity contribution in [2.45, 2.75) is 19.8 Å². The Morgan fingerprint density at radius 1 is 1.17 bits per heavy atom. The molecular weight excluding hydrogens is 467 g/mol. The summed E-state index contributed by atoms with van der Waals surface area (Å²) >= 11 is 0. The van der Waals surface area contributed by atoms with Gasteiger partial charge >= 0.3 is 6.09 Å². The van der Waals surface area contributed by atoms with Gasteiger partial charge < -0.3 is 31.6 Å². The Bertz CT molecular complexity index is 1070. The van der Waals surface area contributed by atoms with E-state index in [-0.39, 0.29) is 12.2 Å². The summed E-state index contributed by atoms with van der Waals surface area (Å²) < 4.78 is 23.4. The predicted molar refractivity (Wildman–Crippen MR) is 140 cm³/mol. The molecule has 0 radical (unpaired) electrons. The number of allylic oxidation sites excluding steroid dienone is 2.